The average Bonchev–Trinajstić information content (AvgIpc) is 3.26. The molecule has 2 aliphatic heterocycles. The predicted molar refractivity (Wildman–Crippen MR) is 133 cm³/mol. The summed E-state index contributed by atoms with van der Waals surface area (Å²) in [6, 6.07) is 3.07. The van der Waals surface area contributed by atoms with E-state index >= 15 is 0 Å². The molecule has 2 aromatic heterocycles. The van der Waals surface area contributed by atoms with Gasteiger partial charge in [-0.15, -0.1) is 0 Å². The first-order valence-corrected chi connectivity index (χ1v) is 12.4. The molecule has 0 aromatic carbocycles. The highest BCUT2D eigenvalue weighted by atomic mass is 19.1. The number of halogens is 1. The van der Waals surface area contributed by atoms with Crippen LogP contribution in [0.3, 0.4) is 0 Å². The highest BCUT2D eigenvalue weighted by Gasteiger charge is 2.51. The Bertz CT molecular complexity index is 1190. The third kappa shape index (κ3) is 5.21. The SMILES string of the molecule is CCN1C(=O)C=CN([C@@H](C)c2ccc(-n3cc(F)cn3)nc2)C(=O)C12CCN(C(=O)OC(C)(C)C)CC2. The van der Waals surface area contributed by atoms with Crippen LogP contribution in [0.1, 0.15) is 59.1 Å². The molecular weight excluding hydrogens is 479 g/mol. The van der Waals surface area contributed by atoms with Crippen LogP contribution in [0.5, 0.6) is 0 Å². The second-order valence-corrected chi connectivity index (χ2v) is 10.3. The Kier molecular flexibility index (Phi) is 7.07. The molecule has 1 saturated heterocycles. The maximum atomic E-state index is 14.1. The van der Waals surface area contributed by atoms with E-state index in [1.807, 2.05) is 34.6 Å². The zero-order valence-electron chi connectivity index (χ0n) is 21.8. The lowest BCUT2D eigenvalue weighted by molar-refractivity contribution is -0.153. The van der Waals surface area contributed by atoms with Gasteiger partial charge in [0, 0.05) is 38.1 Å². The first-order valence-electron chi connectivity index (χ1n) is 12.4. The number of amides is 3. The fraction of sp³-hybridized carbons (Fsp3) is 0.500. The number of hydrogen-bond donors (Lipinski definition) is 0. The van der Waals surface area contributed by atoms with Crippen molar-refractivity contribution in [2.45, 2.75) is 64.6 Å². The van der Waals surface area contributed by atoms with Crippen molar-refractivity contribution in [1.82, 2.24) is 29.5 Å². The number of nitrogens with zero attached hydrogens (tertiary/aromatic N) is 6. The Morgan fingerprint density at radius 2 is 1.89 bits per heavy atom. The Morgan fingerprint density at radius 1 is 1.19 bits per heavy atom. The lowest BCUT2D eigenvalue weighted by Gasteiger charge is -2.47. The van der Waals surface area contributed by atoms with Gasteiger partial charge in [-0.05, 0) is 59.1 Å². The largest absolute Gasteiger partial charge is 0.444 e. The first kappa shape index (κ1) is 26.3. The van der Waals surface area contributed by atoms with E-state index in [1.165, 1.54) is 23.2 Å². The van der Waals surface area contributed by atoms with Gasteiger partial charge < -0.3 is 19.4 Å². The lowest BCUT2D eigenvalue weighted by Crippen LogP contribution is -2.64. The van der Waals surface area contributed by atoms with Crippen molar-refractivity contribution in [3.05, 3.63) is 54.4 Å². The maximum Gasteiger partial charge on any atom is 0.410 e. The summed E-state index contributed by atoms with van der Waals surface area (Å²) in [6.45, 7) is 10.1. The van der Waals surface area contributed by atoms with Crippen molar-refractivity contribution in [3.8, 4) is 5.82 Å². The Hall–Kier alpha value is -3.76. The molecule has 0 N–H and O–H groups in total. The Labute approximate surface area is 215 Å². The van der Waals surface area contributed by atoms with Gasteiger partial charge in [-0.1, -0.05) is 6.07 Å². The van der Waals surface area contributed by atoms with E-state index in [0.717, 1.165) is 11.8 Å². The number of rotatable bonds is 4. The number of piperidine rings is 1. The van der Waals surface area contributed by atoms with E-state index in [2.05, 4.69) is 10.1 Å². The molecule has 10 nitrogen and oxygen atoms in total. The second kappa shape index (κ2) is 9.95. The van der Waals surface area contributed by atoms with E-state index in [4.69, 9.17) is 4.74 Å². The van der Waals surface area contributed by atoms with Crippen molar-refractivity contribution >= 4 is 17.9 Å². The van der Waals surface area contributed by atoms with Crippen molar-refractivity contribution in [1.29, 1.82) is 0 Å². The summed E-state index contributed by atoms with van der Waals surface area (Å²) < 4.78 is 20.2. The molecule has 4 heterocycles. The quantitative estimate of drug-likeness (QED) is 0.622. The Morgan fingerprint density at radius 3 is 2.43 bits per heavy atom. The molecule has 198 valence electrons. The van der Waals surface area contributed by atoms with Crippen molar-refractivity contribution < 1.29 is 23.5 Å². The van der Waals surface area contributed by atoms with Gasteiger partial charge in [-0.25, -0.2) is 18.9 Å². The van der Waals surface area contributed by atoms with Gasteiger partial charge in [-0.3, -0.25) is 9.59 Å². The molecule has 0 bridgehead atoms. The van der Waals surface area contributed by atoms with E-state index in [0.29, 0.717) is 38.3 Å². The minimum atomic E-state index is -1.08. The smallest absolute Gasteiger partial charge is 0.410 e. The summed E-state index contributed by atoms with van der Waals surface area (Å²) in [7, 11) is 0. The van der Waals surface area contributed by atoms with Crippen LogP contribution < -0.4 is 0 Å². The van der Waals surface area contributed by atoms with Gasteiger partial charge in [-0.2, -0.15) is 5.10 Å². The summed E-state index contributed by atoms with van der Waals surface area (Å²) in [5.74, 6) is -0.472. The first-order chi connectivity index (χ1) is 17.4. The number of pyridine rings is 1. The summed E-state index contributed by atoms with van der Waals surface area (Å²) in [5, 5.41) is 3.92. The van der Waals surface area contributed by atoms with Crippen LogP contribution >= 0.6 is 0 Å². The molecule has 0 saturated carbocycles. The van der Waals surface area contributed by atoms with Gasteiger partial charge in [0.05, 0.1) is 18.4 Å². The minimum Gasteiger partial charge on any atom is -0.444 e. The van der Waals surface area contributed by atoms with E-state index in [9.17, 15) is 18.8 Å². The number of hydrogen-bond acceptors (Lipinski definition) is 6. The third-order valence-electron chi connectivity index (χ3n) is 6.81. The summed E-state index contributed by atoms with van der Waals surface area (Å²) in [5.41, 5.74) is -0.962. The zero-order valence-corrected chi connectivity index (χ0v) is 21.8. The highest BCUT2D eigenvalue weighted by molar-refractivity contribution is 5.98. The molecule has 2 aliphatic rings. The normalized spacial score (nSPS) is 18.8. The summed E-state index contributed by atoms with van der Waals surface area (Å²) >= 11 is 0. The van der Waals surface area contributed by atoms with Crippen LogP contribution in [0, 0.1) is 5.82 Å². The molecule has 37 heavy (non-hydrogen) atoms. The van der Waals surface area contributed by atoms with Crippen LogP contribution in [-0.2, 0) is 14.3 Å². The second-order valence-electron chi connectivity index (χ2n) is 10.3. The van der Waals surface area contributed by atoms with E-state index in [-0.39, 0.29) is 11.8 Å². The molecule has 1 atom stereocenters. The third-order valence-corrected chi connectivity index (χ3v) is 6.81. The number of aromatic nitrogens is 3. The van der Waals surface area contributed by atoms with Crippen LogP contribution in [-0.4, -0.2) is 78.1 Å². The zero-order chi connectivity index (χ0) is 27.0. The Balaban J connectivity index is 1.57. The number of likely N-dealkylation sites (tertiary alicyclic amines) is 1. The molecule has 0 unspecified atom stereocenters. The fourth-order valence-electron chi connectivity index (χ4n) is 4.87. The van der Waals surface area contributed by atoms with Crippen LogP contribution in [0.4, 0.5) is 9.18 Å². The number of carbonyl (C=O) groups excluding carboxylic acids is 3. The number of likely N-dealkylation sites (N-methyl/N-ethyl adjacent to an activating group) is 1. The highest BCUT2D eigenvalue weighted by Crippen LogP contribution is 2.36. The van der Waals surface area contributed by atoms with Crippen LogP contribution in [0.25, 0.3) is 5.82 Å². The minimum absolute atomic E-state index is 0.203. The van der Waals surface area contributed by atoms with Crippen molar-refractivity contribution in [2.75, 3.05) is 19.6 Å². The number of ether oxygens (including phenoxy) is 1. The average molecular weight is 513 g/mol. The molecule has 1 spiro atoms. The maximum absolute atomic E-state index is 14.1. The number of carbonyl (C=O) groups is 3. The molecule has 0 aliphatic carbocycles. The van der Waals surface area contributed by atoms with Gasteiger partial charge >= 0.3 is 6.09 Å². The van der Waals surface area contributed by atoms with Gasteiger partial charge in [0.1, 0.15) is 11.1 Å². The summed E-state index contributed by atoms with van der Waals surface area (Å²) in [4.78, 5) is 49.0. The van der Waals surface area contributed by atoms with Gasteiger partial charge in [0.2, 0.25) is 5.91 Å². The molecule has 4 rings (SSSR count). The van der Waals surface area contributed by atoms with Crippen LogP contribution in [0.15, 0.2) is 43.0 Å². The summed E-state index contributed by atoms with van der Waals surface area (Å²) in [6.07, 6.45) is 7.07. The molecular formula is C26H33FN6O4. The van der Waals surface area contributed by atoms with Gasteiger partial charge in [0.25, 0.3) is 5.91 Å². The van der Waals surface area contributed by atoms with E-state index in [1.54, 1.807) is 33.0 Å². The monoisotopic (exact) mass is 512 g/mol. The van der Waals surface area contributed by atoms with Crippen LogP contribution in [0.2, 0.25) is 0 Å². The standard InChI is InChI=1S/C26H33FN6O4/c1-6-32-22(34)9-12-31(18(2)19-7-8-21(28-15-19)33-17-20(27)16-29-33)23(35)26(32)10-13-30(14-11-26)24(36)37-25(3,4)5/h7-9,12,15-18H,6,10-11,13-14H2,1-5H3/t18-/m0/s1. The van der Waals surface area contributed by atoms with Crippen molar-refractivity contribution in [2.24, 2.45) is 0 Å². The molecule has 0 radical (unpaired) electrons. The molecule has 1 fully saturated rings. The lowest BCUT2D eigenvalue weighted by atomic mass is 9.83. The molecule has 2 aromatic rings. The van der Waals surface area contributed by atoms with E-state index < -0.39 is 29.1 Å². The van der Waals surface area contributed by atoms with Crippen molar-refractivity contribution in [3.63, 3.8) is 0 Å². The molecule has 11 heteroatoms. The fourth-order valence-corrected chi connectivity index (χ4v) is 4.87. The predicted octanol–water partition coefficient (Wildman–Crippen LogP) is 3.44. The van der Waals surface area contributed by atoms with Gasteiger partial charge in [0.15, 0.2) is 11.6 Å². The topological polar surface area (TPSA) is 101 Å². The molecule has 3 amide bonds.